The lowest BCUT2D eigenvalue weighted by atomic mass is 10.2. The van der Waals surface area contributed by atoms with Crippen LogP contribution in [0.3, 0.4) is 0 Å². The Hall–Kier alpha value is -1.36. The maximum absolute atomic E-state index is 13.6. The predicted octanol–water partition coefficient (Wildman–Crippen LogP) is 2.34. The Bertz CT molecular complexity index is 696. The van der Waals surface area contributed by atoms with Gasteiger partial charge in [-0.25, -0.2) is 13.9 Å². The van der Waals surface area contributed by atoms with E-state index in [0.717, 1.165) is 0 Å². The highest BCUT2D eigenvalue weighted by Crippen LogP contribution is 2.25. The molecule has 0 aliphatic carbocycles. The molecule has 0 spiro atoms. The second-order valence-electron chi connectivity index (χ2n) is 4.51. The highest BCUT2D eigenvalue weighted by Gasteiger charge is 2.33. The molecule has 2 aromatic rings. The van der Waals surface area contributed by atoms with Gasteiger partial charge < -0.3 is 4.74 Å². The standard InChI is InChI=1S/C12H10FIN4O2S/c13-9-3-7(1-2-10(9)14)18-5-8(20-12(18)19)4-17-6-11(21)15-16-17/h1-3,6,8,21H,4-5H2/t8-/m0/s1. The number of hydrogen-bond donors (Lipinski definition) is 1. The van der Waals surface area contributed by atoms with Gasteiger partial charge in [-0.15, -0.1) is 17.7 Å². The number of hydrogen-bond acceptors (Lipinski definition) is 5. The first-order chi connectivity index (χ1) is 10.0. The maximum atomic E-state index is 13.6. The number of ether oxygens (including phenoxy) is 1. The number of halogens is 2. The molecule has 1 aliphatic heterocycles. The van der Waals surface area contributed by atoms with E-state index >= 15 is 0 Å². The quantitative estimate of drug-likeness (QED) is 0.612. The lowest BCUT2D eigenvalue weighted by Crippen LogP contribution is -2.26. The molecule has 1 aromatic carbocycles. The largest absolute Gasteiger partial charge is 0.442 e. The second kappa shape index (κ2) is 5.79. The van der Waals surface area contributed by atoms with Crippen LogP contribution in [0.1, 0.15) is 0 Å². The number of aromatic nitrogens is 3. The van der Waals surface area contributed by atoms with Crippen LogP contribution in [-0.4, -0.2) is 33.7 Å². The van der Waals surface area contributed by atoms with Crippen molar-refractivity contribution in [2.75, 3.05) is 11.4 Å². The molecule has 0 radical (unpaired) electrons. The van der Waals surface area contributed by atoms with Gasteiger partial charge in [-0.05, 0) is 40.8 Å². The lowest BCUT2D eigenvalue weighted by Gasteiger charge is -2.13. The first kappa shape index (κ1) is 14.6. The predicted molar refractivity (Wildman–Crippen MR) is 84.0 cm³/mol. The molecule has 9 heteroatoms. The van der Waals surface area contributed by atoms with Gasteiger partial charge in [0, 0.05) is 3.57 Å². The SMILES string of the molecule is O=C1O[C@@H](Cn2cc(S)nn2)CN1c1ccc(I)c(F)c1. The average molecular weight is 420 g/mol. The Morgan fingerprint density at radius 3 is 3.00 bits per heavy atom. The molecule has 1 aliphatic rings. The van der Waals surface area contributed by atoms with Gasteiger partial charge in [-0.3, -0.25) is 4.90 Å². The van der Waals surface area contributed by atoms with Crippen LogP contribution in [-0.2, 0) is 11.3 Å². The van der Waals surface area contributed by atoms with E-state index in [4.69, 9.17) is 4.74 Å². The van der Waals surface area contributed by atoms with E-state index in [1.165, 1.54) is 11.0 Å². The second-order valence-corrected chi connectivity index (χ2v) is 6.13. The van der Waals surface area contributed by atoms with Crippen molar-refractivity contribution in [3.8, 4) is 0 Å². The van der Waals surface area contributed by atoms with Gasteiger partial charge >= 0.3 is 6.09 Å². The molecule has 3 rings (SSSR count). The number of carbonyl (C=O) groups is 1. The summed E-state index contributed by atoms with van der Waals surface area (Å²) in [6, 6.07) is 4.64. The third kappa shape index (κ3) is 3.12. The van der Waals surface area contributed by atoms with E-state index in [0.29, 0.717) is 27.4 Å². The molecule has 6 nitrogen and oxygen atoms in total. The maximum Gasteiger partial charge on any atom is 0.414 e. The summed E-state index contributed by atoms with van der Waals surface area (Å²) in [5, 5.41) is 8.09. The first-order valence-electron chi connectivity index (χ1n) is 6.05. The van der Waals surface area contributed by atoms with Gasteiger partial charge in [-0.1, -0.05) is 5.21 Å². The van der Waals surface area contributed by atoms with E-state index in [-0.39, 0.29) is 11.9 Å². The van der Waals surface area contributed by atoms with Crippen LogP contribution in [0.5, 0.6) is 0 Å². The molecule has 1 aromatic heterocycles. The Kier molecular flexibility index (Phi) is 4.02. The van der Waals surface area contributed by atoms with Gasteiger partial charge in [0.1, 0.15) is 16.9 Å². The van der Waals surface area contributed by atoms with E-state index in [1.807, 2.05) is 22.6 Å². The van der Waals surface area contributed by atoms with Crippen molar-refractivity contribution < 1.29 is 13.9 Å². The summed E-state index contributed by atoms with van der Waals surface area (Å²) in [6.07, 6.45) is 0.783. The number of cyclic esters (lactones) is 1. The monoisotopic (exact) mass is 420 g/mol. The number of nitrogens with zero attached hydrogens (tertiary/aromatic N) is 4. The lowest BCUT2D eigenvalue weighted by molar-refractivity contribution is 0.129. The van der Waals surface area contributed by atoms with Crippen LogP contribution in [0, 0.1) is 9.39 Å². The summed E-state index contributed by atoms with van der Waals surface area (Å²) >= 11 is 5.96. The van der Waals surface area contributed by atoms with Gasteiger partial charge in [0.05, 0.1) is 25.0 Å². The molecule has 1 atom stereocenters. The van der Waals surface area contributed by atoms with Crippen molar-refractivity contribution >= 4 is 47.0 Å². The molecule has 0 saturated carbocycles. The van der Waals surface area contributed by atoms with Crippen molar-refractivity contribution in [3.63, 3.8) is 0 Å². The minimum Gasteiger partial charge on any atom is -0.442 e. The van der Waals surface area contributed by atoms with Crippen molar-refractivity contribution in [2.24, 2.45) is 0 Å². The highest BCUT2D eigenvalue weighted by molar-refractivity contribution is 14.1. The topological polar surface area (TPSA) is 60.3 Å². The van der Waals surface area contributed by atoms with Crippen LogP contribution in [0.25, 0.3) is 0 Å². The van der Waals surface area contributed by atoms with Gasteiger partial charge in [-0.2, -0.15) is 0 Å². The number of thiol groups is 1. The molecule has 1 fully saturated rings. The van der Waals surface area contributed by atoms with Crippen LogP contribution in [0.4, 0.5) is 14.9 Å². The van der Waals surface area contributed by atoms with Gasteiger partial charge in [0.2, 0.25) is 0 Å². The van der Waals surface area contributed by atoms with E-state index in [1.54, 1.807) is 23.0 Å². The van der Waals surface area contributed by atoms with Crippen LogP contribution in [0.15, 0.2) is 29.4 Å². The fourth-order valence-electron chi connectivity index (χ4n) is 2.07. The van der Waals surface area contributed by atoms with Crippen molar-refractivity contribution in [2.45, 2.75) is 17.7 Å². The molecule has 0 N–H and O–H groups in total. The zero-order valence-electron chi connectivity index (χ0n) is 10.6. The van der Waals surface area contributed by atoms with E-state index in [2.05, 4.69) is 22.9 Å². The molecular weight excluding hydrogens is 410 g/mol. The van der Waals surface area contributed by atoms with Crippen molar-refractivity contribution in [3.05, 3.63) is 33.8 Å². The minimum absolute atomic E-state index is 0.334. The minimum atomic E-state index is -0.494. The van der Waals surface area contributed by atoms with Crippen LogP contribution < -0.4 is 4.90 Å². The van der Waals surface area contributed by atoms with Gasteiger partial charge in [0.15, 0.2) is 0 Å². The Balaban J connectivity index is 1.73. The summed E-state index contributed by atoms with van der Waals surface area (Å²) in [7, 11) is 0. The third-order valence-corrected chi connectivity index (χ3v) is 4.09. The molecule has 110 valence electrons. The summed E-state index contributed by atoms with van der Waals surface area (Å²) in [4.78, 5) is 13.3. The summed E-state index contributed by atoms with van der Waals surface area (Å²) in [5.41, 5.74) is 0.480. The smallest absolute Gasteiger partial charge is 0.414 e. The van der Waals surface area contributed by atoms with Crippen LogP contribution in [0.2, 0.25) is 0 Å². The molecule has 1 saturated heterocycles. The van der Waals surface area contributed by atoms with Crippen molar-refractivity contribution in [1.29, 1.82) is 0 Å². The number of anilines is 1. The highest BCUT2D eigenvalue weighted by atomic mass is 127. The number of carbonyl (C=O) groups excluding carboxylic acids is 1. The van der Waals surface area contributed by atoms with Crippen molar-refractivity contribution in [1.82, 2.24) is 15.0 Å². The molecule has 0 bridgehead atoms. The fraction of sp³-hybridized carbons (Fsp3) is 0.250. The summed E-state index contributed by atoms with van der Waals surface area (Å²) in [5.74, 6) is -0.361. The number of amides is 1. The van der Waals surface area contributed by atoms with E-state index in [9.17, 15) is 9.18 Å². The van der Waals surface area contributed by atoms with E-state index < -0.39 is 6.09 Å². The average Bonchev–Trinajstić information content (AvgIpc) is 3.00. The Labute approximate surface area is 138 Å². The van der Waals surface area contributed by atoms with Crippen LogP contribution >= 0.6 is 35.2 Å². The zero-order valence-corrected chi connectivity index (χ0v) is 13.7. The Morgan fingerprint density at radius 2 is 2.33 bits per heavy atom. The van der Waals surface area contributed by atoms with Gasteiger partial charge in [0.25, 0.3) is 0 Å². The zero-order chi connectivity index (χ0) is 15.0. The normalized spacial score (nSPS) is 18.1. The third-order valence-electron chi connectivity index (χ3n) is 3.01. The fourth-order valence-corrected chi connectivity index (χ4v) is 2.58. The number of rotatable bonds is 3. The molecule has 21 heavy (non-hydrogen) atoms. The molecular formula is C12H10FIN4O2S. The molecule has 0 unspecified atom stereocenters. The summed E-state index contributed by atoms with van der Waals surface area (Å²) in [6.45, 7) is 0.712. The molecule has 2 heterocycles. The first-order valence-corrected chi connectivity index (χ1v) is 7.58. The number of benzene rings is 1. The summed E-state index contributed by atoms with van der Waals surface area (Å²) < 4.78 is 20.9. The molecule has 1 amide bonds. The Morgan fingerprint density at radius 1 is 1.52 bits per heavy atom.